The fourth-order valence-corrected chi connectivity index (χ4v) is 1.52. The van der Waals surface area contributed by atoms with Gasteiger partial charge >= 0.3 is 6.09 Å². The molecule has 1 rings (SSSR count). The molecule has 1 saturated heterocycles. The van der Waals surface area contributed by atoms with E-state index in [1.165, 1.54) is 11.8 Å². The third-order valence-electron chi connectivity index (χ3n) is 1.70. The van der Waals surface area contributed by atoms with Gasteiger partial charge in [-0.2, -0.15) is 0 Å². The maximum Gasteiger partial charge on any atom is 0.411 e. The highest BCUT2D eigenvalue weighted by atomic mass is 32.2. The largest absolute Gasteiger partial charge is 0.411 e. The highest BCUT2D eigenvalue weighted by molar-refractivity contribution is 8.13. The lowest BCUT2D eigenvalue weighted by Gasteiger charge is -2.33. The molecule has 74 valence electrons. The monoisotopic (exact) mass is 203 g/mol. The molecule has 0 aromatic carbocycles. The van der Waals surface area contributed by atoms with Crippen molar-refractivity contribution in [2.24, 2.45) is 10.7 Å². The van der Waals surface area contributed by atoms with Crippen molar-refractivity contribution in [3.63, 3.8) is 0 Å². The zero-order valence-electron chi connectivity index (χ0n) is 7.69. The number of amides is 1. The standard InChI is InChI=1S/C7H13N3O2S/c1-10-3-5(4-10)9-7(13-2)12-6(8)11/h5H,3-4H2,1-2H3,(H2,8,11). The van der Waals surface area contributed by atoms with E-state index in [0.29, 0.717) is 5.23 Å². The summed E-state index contributed by atoms with van der Waals surface area (Å²) in [6.07, 6.45) is 0.991. The number of carbonyl (C=O) groups is 1. The molecule has 0 saturated carbocycles. The minimum absolute atomic E-state index is 0.242. The summed E-state index contributed by atoms with van der Waals surface area (Å²) < 4.78 is 4.67. The Kier molecular flexibility index (Phi) is 3.56. The fourth-order valence-electron chi connectivity index (χ4n) is 1.10. The van der Waals surface area contributed by atoms with Crippen LogP contribution in [-0.2, 0) is 4.74 Å². The third kappa shape index (κ3) is 3.23. The number of likely N-dealkylation sites (tertiary alicyclic amines) is 1. The molecule has 0 atom stereocenters. The highest BCUT2D eigenvalue weighted by Crippen LogP contribution is 2.11. The minimum Gasteiger partial charge on any atom is -0.385 e. The first-order chi connectivity index (χ1) is 6.11. The molecule has 1 aliphatic rings. The van der Waals surface area contributed by atoms with Gasteiger partial charge in [0.15, 0.2) is 0 Å². The maximum atomic E-state index is 10.4. The second-order valence-electron chi connectivity index (χ2n) is 2.90. The predicted octanol–water partition coefficient (Wildman–Crippen LogP) is 0.115. The number of ether oxygens (including phenoxy) is 1. The Bertz CT molecular complexity index is 226. The summed E-state index contributed by atoms with van der Waals surface area (Å²) in [5, 5.41) is 0.352. The Morgan fingerprint density at radius 1 is 1.69 bits per heavy atom. The van der Waals surface area contributed by atoms with Crippen LogP contribution in [0.2, 0.25) is 0 Å². The van der Waals surface area contributed by atoms with Gasteiger partial charge in [-0.05, 0) is 13.3 Å². The molecular weight excluding hydrogens is 190 g/mol. The zero-order valence-corrected chi connectivity index (χ0v) is 8.50. The molecule has 5 nitrogen and oxygen atoms in total. The van der Waals surface area contributed by atoms with E-state index in [0.717, 1.165) is 13.1 Å². The van der Waals surface area contributed by atoms with Gasteiger partial charge in [0.1, 0.15) is 0 Å². The molecule has 6 heteroatoms. The second kappa shape index (κ2) is 4.48. The number of nitrogens with zero attached hydrogens (tertiary/aromatic N) is 2. The quantitative estimate of drug-likeness (QED) is 0.485. The first-order valence-corrected chi connectivity index (χ1v) is 5.12. The molecule has 13 heavy (non-hydrogen) atoms. The number of aliphatic imine (C=N–C) groups is 1. The Morgan fingerprint density at radius 2 is 2.31 bits per heavy atom. The van der Waals surface area contributed by atoms with Crippen LogP contribution in [0.3, 0.4) is 0 Å². The first kappa shape index (κ1) is 10.3. The van der Waals surface area contributed by atoms with Crippen LogP contribution in [-0.4, -0.2) is 48.7 Å². The number of rotatable bonds is 1. The van der Waals surface area contributed by atoms with E-state index in [-0.39, 0.29) is 6.04 Å². The number of carbonyl (C=O) groups excluding carboxylic acids is 1. The molecule has 1 aliphatic heterocycles. The van der Waals surface area contributed by atoms with Gasteiger partial charge in [-0.25, -0.2) is 9.79 Å². The molecule has 0 spiro atoms. The van der Waals surface area contributed by atoms with Crippen molar-refractivity contribution >= 4 is 23.1 Å². The summed E-state index contributed by atoms with van der Waals surface area (Å²) in [4.78, 5) is 16.8. The number of primary amides is 1. The average molecular weight is 203 g/mol. The zero-order chi connectivity index (χ0) is 9.84. The van der Waals surface area contributed by atoms with Gasteiger partial charge in [0, 0.05) is 13.1 Å². The molecule has 0 aromatic rings. The normalized spacial score (nSPS) is 19.7. The Morgan fingerprint density at radius 3 is 2.69 bits per heavy atom. The molecule has 0 bridgehead atoms. The van der Waals surface area contributed by atoms with Crippen LogP contribution in [0.1, 0.15) is 0 Å². The summed E-state index contributed by atoms with van der Waals surface area (Å²) in [7, 11) is 2.01. The molecule has 0 aliphatic carbocycles. The number of thioether (sulfide) groups is 1. The number of hydrogen-bond acceptors (Lipinski definition) is 5. The minimum atomic E-state index is -0.805. The van der Waals surface area contributed by atoms with Crippen molar-refractivity contribution in [2.75, 3.05) is 26.4 Å². The summed E-state index contributed by atoms with van der Waals surface area (Å²) in [5.74, 6) is 0. The predicted molar refractivity (Wildman–Crippen MR) is 52.9 cm³/mol. The van der Waals surface area contributed by atoms with E-state index >= 15 is 0 Å². The van der Waals surface area contributed by atoms with Gasteiger partial charge in [0.25, 0.3) is 5.23 Å². The number of likely N-dealkylation sites (N-methyl/N-ethyl adjacent to an activating group) is 1. The third-order valence-corrected chi connectivity index (χ3v) is 2.23. The van der Waals surface area contributed by atoms with Gasteiger partial charge in [0.2, 0.25) is 0 Å². The Hall–Kier alpha value is -0.750. The Balaban J connectivity index is 2.41. The van der Waals surface area contributed by atoms with E-state index in [1.54, 1.807) is 6.26 Å². The lowest BCUT2D eigenvalue weighted by Crippen LogP contribution is -2.47. The molecule has 1 heterocycles. The molecular formula is C7H13N3O2S. The smallest absolute Gasteiger partial charge is 0.385 e. The van der Waals surface area contributed by atoms with E-state index in [9.17, 15) is 4.79 Å². The van der Waals surface area contributed by atoms with Crippen molar-refractivity contribution < 1.29 is 9.53 Å². The summed E-state index contributed by atoms with van der Waals surface area (Å²) >= 11 is 1.29. The lowest BCUT2D eigenvalue weighted by atomic mass is 10.1. The topological polar surface area (TPSA) is 67.9 Å². The molecule has 0 aromatic heterocycles. The fraction of sp³-hybridized carbons (Fsp3) is 0.714. The molecule has 1 fully saturated rings. The van der Waals surface area contributed by atoms with Crippen molar-refractivity contribution in [3.8, 4) is 0 Å². The van der Waals surface area contributed by atoms with Crippen molar-refractivity contribution in [1.29, 1.82) is 0 Å². The van der Waals surface area contributed by atoms with Crippen molar-refractivity contribution in [1.82, 2.24) is 4.90 Å². The summed E-state index contributed by atoms with van der Waals surface area (Å²) in [6, 6.07) is 0.242. The van der Waals surface area contributed by atoms with E-state index in [1.807, 2.05) is 7.05 Å². The van der Waals surface area contributed by atoms with Crippen molar-refractivity contribution in [2.45, 2.75) is 6.04 Å². The molecule has 2 N–H and O–H groups in total. The van der Waals surface area contributed by atoms with Gasteiger partial charge in [-0.15, -0.1) is 0 Å². The van der Waals surface area contributed by atoms with Gasteiger partial charge in [0.05, 0.1) is 6.04 Å². The molecule has 0 radical (unpaired) electrons. The van der Waals surface area contributed by atoms with E-state index in [2.05, 4.69) is 14.6 Å². The van der Waals surface area contributed by atoms with Gasteiger partial charge < -0.3 is 15.4 Å². The van der Waals surface area contributed by atoms with E-state index < -0.39 is 6.09 Å². The van der Waals surface area contributed by atoms with Crippen LogP contribution in [0, 0.1) is 0 Å². The number of hydrogen-bond donors (Lipinski definition) is 1. The van der Waals surface area contributed by atoms with Crippen LogP contribution in [0.15, 0.2) is 4.99 Å². The van der Waals surface area contributed by atoms with Crippen LogP contribution in [0.4, 0.5) is 4.79 Å². The van der Waals surface area contributed by atoms with Gasteiger partial charge in [-0.3, -0.25) is 0 Å². The second-order valence-corrected chi connectivity index (χ2v) is 3.65. The molecule has 1 amide bonds. The Labute approximate surface area is 81.3 Å². The van der Waals surface area contributed by atoms with E-state index in [4.69, 9.17) is 5.73 Å². The SMILES string of the molecule is CSC(=NC1CN(C)C1)OC(N)=O. The lowest BCUT2D eigenvalue weighted by molar-refractivity contribution is 0.188. The van der Waals surface area contributed by atoms with Crippen LogP contribution < -0.4 is 5.73 Å². The first-order valence-electron chi connectivity index (χ1n) is 3.89. The van der Waals surface area contributed by atoms with Crippen LogP contribution in [0.25, 0.3) is 0 Å². The van der Waals surface area contributed by atoms with Crippen LogP contribution >= 0.6 is 11.8 Å². The summed E-state index contributed by atoms with van der Waals surface area (Å²) in [6.45, 7) is 1.82. The van der Waals surface area contributed by atoms with Crippen molar-refractivity contribution in [3.05, 3.63) is 0 Å². The summed E-state index contributed by atoms with van der Waals surface area (Å²) in [5.41, 5.74) is 4.87. The highest BCUT2D eigenvalue weighted by Gasteiger charge is 2.23. The maximum absolute atomic E-state index is 10.4. The van der Waals surface area contributed by atoms with Gasteiger partial charge in [-0.1, -0.05) is 11.8 Å². The number of nitrogens with two attached hydrogens (primary N) is 1. The van der Waals surface area contributed by atoms with Crippen LogP contribution in [0.5, 0.6) is 0 Å². The molecule has 0 unspecified atom stereocenters. The average Bonchev–Trinajstić information content (AvgIpc) is 1.99.